The molecule has 0 saturated carbocycles. The third-order valence-electron chi connectivity index (χ3n) is 4.03. The number of sulfonamides is 1. The van der Waals surface area contributed by atoms with E-state index in [0.717, 1.165) is 44.7 Å². The van der Waals surface area contributed by atoms with Gasteiger partial charge in [0.05, 0.1) is 0 Å². The van der Waals surface area contributed by atoms with Crippen LogP contribution in [0.15, 0.2) is 11.2 Å². The van der Waals surface area contributed by atoms with E-state index in [1.54, 1.807) is 10.5 Å². The maximum Gasteiger partial charge on any atom is 0.262 e. The fraction of sp³-hybridized carbons (Fsp3) is 0.786. The van der Waals surface area contributed by atoms with Gasteiger partial charge in [0.25, 0.3) is 10.0 Å². The van der Waals surface area contributed by atoms with Gasteiger partial charge in [0.2, 0.25) is 0 Å². The van der Waals surface area contributed by atoms with Crippen molar-refractivity contribution in [2.24, 2.45) is 0 Å². The lowest BCUT2D eigenvalue weighted by Crippen LogP contribution is -2.46. The number of piperidine rings is 1. The summed E-state index contributed by atoms with van der Waals surface area (Å²) in [5.41, 5.74) is 0. The molecule has 2 rings (SSSR count). The fourth-order valence-electron chi connectivity index (χ4n) is 2.86. The molecule has 1 aliphatic heterocycles. The van der Waals surface area contributed by atoms with Crippen LogP contribution in [0.5, 0.6) is 0 Å². The van der Waals surface area contributed by atoms with Gasteiger partial charge in [0.15, 0.2) is 5.03 Å². The Morgan fingerprint density at radius 2 is 2.00 bits per heavy atom. The summed E-state index contributed by atoms with van der Waals surface area (Å²) < 4.78 is 29.4. The molecule has 0 unspecified atom stereocenters. The number of nitrogens with one attached hydrogen (secondary N) is 1. The highest BCUT2D eigenvalue weighted by Crippen LogP contribution is 2.22. The van der Waals surface area contributed by atoms with Gasteiger partial charge in [0.1, 0.15) is 5.82 Å². The third-order valence-corrected chi connectivity index (χ3v) is 5.85. The maximum absolute atomic E-state index is 12.9. The molecule has 1 N–H and O–H groups in total. The summed E-state index contributed by atoms with van der Waals surface area (Å²) in [6.07, 6.45) is 4.21. The fourth-order valence-corrected chi connectivity index (χ4v) is 4.63. The minimum Gasteiger partial charge on any atom is -0.334 e. The van der Waals surface area contributed by atoms with Gasteiger partial charge in [-0.1, -0.05) is 6.92 Å². The normalized spacial score (nSPS) is 16.7. The van der Waals surface area contributed by atoms with E-state index in [1.807, 2.05) is 25.3 Å². The zero-order valence-corrected chi connectivity index (χ0v) is 15.2. The van der Waals surface area contributed by atoms with Crippen molar-refractivity contribution in [3.8, 4) is 0 Å². The quantitative estimate of drug-likeness (QED) is 0.849. The summed E-state index contributed by atoms with van der Waals surface area (Å²) in [5, 5.41) is 3.47. The van der Waals surface area contributed by atoms with Gasteiger partial charge in [-0.05, 0) is 46.2 Å². The Kier molecular flexibility index (Phi) is 7.31. The van der Waals surface area contributed by atoms with Crippen molar-refractivity contribution < 1.29 is 8.42 Å². The lowest BCUT2D eigenvalue weighted by molar-refractivity contribution is 0.261. The van der Waals surface area contributed by atoms with E-state index in [1.165, 1.54) is 0 Å². The molecule has 1 aromatic heterocycles. The largest absolute Gasteiger partial charge is 0.334 e. The second-order valence-electron chi connectivity index (χ2n) is 5.51. The predicted molar refractivity (Wildman–Crippen MR) is 90.0 cm³/mol. The first-order chi connectivity index (χ1) is 10.0. The minimum absolute atomic E-state index is 0. The van der Waals surface area contributed by atoms with Crippen LogP contribution in [0.4, 0.5) is 0 Å². The van der Waals surface area contributed by atoms with E-state index in [0.29, 0.717) is 6.54 Å². The monoisotopic (exact) mass is 350 g/mol. The van der Waals surface area contributed by atoms with Crippen LogP contribution in [0.3, 0.4) is 0 Å². The molecule has 1 aromatic rings. The van der Waals surface area contributed by atoms with Gasteiger partial charge >= 0.3 is 0 Å². The van der Waals surface area contributed by atoms with Crippen LogP contribution in [-0.4, -0.2) is 48.0 Å². The number of aryl methyl sites for hydroxylation is 2. The Balaban J connectivity index is 0.00000242. The molecule has 0 aliphatic carbocycles. The van der Waals surface area contributed by atoms with Gasteiger partial charge in [-0.2, -0.15) is 4.31 Å². The summed E-state index contributed by atoms with van der Waals surface area (Å²) >= 11 is 0. The maximum atomic E-state index is 12.9. The van der Waals surface area contributed by atoms with Gasteiger partial charge in [0, 0.05) is 25.3 Å². The molecule has 0 atom stereocenters. The van der Waals surface area contributed by atoms with Crippen molar-refractivity contribution in [1.29, 1.82) is 0 Å². The molecule has 0 bridgehead atoms. The van der Waals surface area contributed by atoms with Gasteiger partial charge in [-0.25, -0.2) is 13.4 Å². The third kappa shape index (κ3) is 4.01. The lowest BCUT2D eigenvalue weighted by atomic mass is 10.1. The van der Waals surface area contributed by atoms with Crippen molar-refractivity contribution >= 4 is 22.4 Å². The molecule has 1 aliphatic rings. The van der Waals surface area contributed by atoms with Crippen LogP contribution in [0.2, 0.25) is 0 Å². The molecule has 22 heavy (non-hydrogen) atoms. The van der Waals surface area contributed by atoms with E-state index in [2.05, 4.69) is 10.3 Å². The topological polar surface area (TPSA) is 67.2 Å². The van der Waals surface area contributed by atoms with E-state index in [4.69, 9.17) is 0 Å². The van der Waals surface area contributed by atoms with Crippen LogP contribution < -0.4 is 5.32 Å². The zero-order chi connectivity index (χ0) is 15.5. The Morgan fingerprint density at radius 3 is 2.50 bits per heavy atom. The molecule has 0 amide bonds. The molecule has 0 aromatic carbocycles. The molecule has 1 fully saturated rings. The first kappa shape index (κ1) is 19.4. The number of imidazole rings is 1. The second-order valence-corrected chi connectivity index (χ2v) is 7.35. The molecule has 128 valence electrons. The zero-order valence-electron chi connectivity index (χ0n) is 13.6. The minimum atomic E-state index is -3.50. The highest BCUT2D eigenvalue weighted by atomic mass is 35.5. The summed E-state index contributed by atoms with van der Waals surface area (Å²) in [4.78, 5) is 4.27. The highest BCUT2D eigenvalue weighted by molar-refractivity contribution is 7.89. The Bertz CT molecular complexity index is 567. The summed E-state index contributed by atoms with van der Waals surface area (Å²) in [6.45, 7) is 8.89. The van der Waals surface area contributed by atoms with Crippen molar-refractivity contribution in [2.45, 2.75) is 57.6 Å². The molecule has 2 heterocycles. The molecule has 0 spiro atoms. The van der Waals surface area contributed by atoms with E-state index < -0.39 is 10.0 Å². The summed E-state index contributed by atoms with van der Waals surface area (Å²) in [5.74, 6) is 0.748. The molecule has 6 nitrogen and oxygen atoms in total. The SMILES string of the molecule is CCCN(C1CCNCC1)S(=O)(=O)c1cn(CC)c(C)n1.Cl. The van der Waals surface area contributed by atoms with Gasteiger partial charge < -0.3 is 9.88 Å². The van der Waals surface area contributed by atoms with E-state index >= 15 is 0 Å². The van der Waals surface area contributed by atoms with Crippen LogP contribution in [0, 0.1) is 6.92 Å². The summed E-state index contributed by atoms with van der Waals surface area (Å²) in [7, 11) is -3.50. The molecule has 8 heteroatoms. The molecule has 0 radical (unpaired) electrons. The number of aromatic nitrogens is 2. The Hall–Kier alpha value is -0.630. The predicted octanol–water partition coefficient (Wildman–Crippen LogP) is 1.79. The summed E-state index contributed by atoms with van der Waals surface area (Å²) in [6, 6.07) is 0.0864. The van der Waals surface area contributed by atoms with Crippen LogP contribution >= 0.6 is 12.4 Å². The number of rotatable bonds is 6. The molecular formula is C14H27ClN4O2S. The number of hydrogen-bond donors (Lipinski definition) is 1. The Labute approximate surface area is 139 Å². The lowest BCUT2D eigenvalue weighted by Gasteiger charge is -2.32. The first-order valence-corrected chi connectivity index (χ1v) is 9.21. The second kappa shape index (κ2) is 8.29. The Morgan fingerprint density at radius 1 is 1.36 bits per heavy atom. The molecule has 1 saturated heterocycles. The standard InChI is InChI=1S/C14H26N4O2S.ClH/c1-4-10-18(13-6-8-15-9-7-13)21(19,20)14-11-17(5-2)12(3)16-14;/h11,13,15H,4-10H2,1-3H3;1H. The van der Waals surface area contributed by atoms with Crippen molar-refractivity contribution in [1.82, 2.24) is 19.2 Å². The van der Waals surface area contributed by atoms with Crippen LogP contribution in [-0.2, 0) is 16.6 Å². The van der Waals surface area contributed by atoms with E-state index in [-0.39, 0.29) is 23.5 Å². The number of halogens is 1. The smallest absolute Gasteiger partial charge is 0.262 e. The first-order valence-electron chi connectivity index (χ1n) is 7.77. The number of hydrogen-bond acceptors (Lipinski definition) is 4. The van der Waals surface area contributed by atoms with Gasteiger partial charge in [-0.3, -0.25) is 0 Å². The average Bonchev–Trinajstić information content (AvgIpc) is 2.87. The number of nitrogens with zero attached hydrogens (tertiary/aromatic N) is 3. The highest BCUT2D eigenvalue weighted by Gasteiger charge is 2.33. The van der Waals surface area contributed by atoms with E-state index in [9.17, 15) is 8.42 Å². The van der Waals surface area contributed by atoms with Gasteiger partial charge in [-0.15, -0.1) is 12.4 Å². The molecular weight excluding hydrogens is 324 g/mol. The van der Waals surface area contributed by atoms with Crippen LogP contribution in [0.1, 0.15) is 38.9 Å². The average molecular weight is 351 g/mol. The van der Waals surface area contributed by atoms with Crippen molar-refractivity contribution in [3.63, 3.8) is 0 Å². The van der Waals surface area contributed by atoms with Crippen molar-refractivity contribution in [2.75, 3.05) is 19.6 Å². The van der Waals surface area contributed by atoms with Crippen molar-refractivity contribution in [3.05, 3.63) is 12.0 Å². The van der Waals surface area contributed by atoms with Crippen LogP contribution in [0.25, 0.3) is 0 Å².